The van der Waals surface area contributed by atoms with Gasteiger partial charge in [-0.05, 0) is 0 Å². The van der Waals surface area contributed by atoms with Crippen LogP contribution in [0.15, 0.2) is 0 Å². The maximum absolute atomic E-state index is 11.9. The molecule has 1 saturated heterocycles. The van der Waals surface area contributed by atoms with Gasteiger partial charge < -0.3 is 15.4 Å². The van der Waals surface area contributed by atoms with E-state index in [-0.39, 0.29) is 17.2 Å². The van der Waals surface area contributed by atoms with Crippen molar-refractivity contribution in [1.29, 1.82) is 0 Å². The molecule has 0 unspecified atom stereocenters. The molecule has 1 heterocycles. The normalized spacial score (nSPS) is 21.4. The first-order valence-corrected chi connectivity index (χ1v) is 6.61. The molecule has 0 aromatic carbocycles. The molecule has 2 amide bonds. The third-order valence-electron chi connectivity index (χ3n) is 2.37. The van der Waals surface area contributed by atoms with Gasteiger partial charge in [0.25, 0.3) is 0 Å². The molecule has 1 aliphatic heterocycles. The minimum Gasteiger partial charge on any atom is -0.367 e. The maximum Gasteiger partial charge on any atom is 0.248 e. The van der Waals surface area contributed by atoms with E-state index in [4.69, 9.17) is 10.5 Å². The molecule has 0 saturated carbocycles. The van der Waals surface area contributed by atoms with E-state index in [2.05, 4.69) is 20.8 Å². The Morgan fingerprint density at radius 2 is 2.12 bits per heavy atom. The molecule has 0 aromatic heterocycles. The molecule has 0 aromatic rings. The average molecular weight is 260 g/mol. The first-order chi connectivity index (χ1) is 7.79. The first kappa shape index (κ1) is 14.3. The lowest BCUT2D eigenvalue weighted by Crippen LogP contribution is -2.51. The van der Waals surface area contributed by atoms with E-state index in [0.29, 0.717) is 18.9 Å². The van der Waals surface area contributed by atoms with Crippen molar-refractivity contribution in [3.63, 3.8) is 0 Å². The first-order valence-electron chi connectivity index (χ1n) is 5.62. The summed E-state index contributed by atoms with van der Waals surface area (Å²) in [6, 6.07) is 0. The number of ether oxygens (including phenoxy) is 1. The summed E-state index contributed by atoms with van der Waals surface area (Å²) < 4.78 is 5.25. The summed E-state index contributed by atoms with van der Waals surface area (Å²) in [5.74, 6) is -0.0416. The van der Waals surface area contributed by atoms with Gasteiger partial charge in [0.2, 0.25) is 11.8 Å². The fourth-order valence-corrected chi connectivity index (χ4v) is 2.16. The van der Waals surface area contributed by atoms with Gasteiger partial charge in [0.1, 0.15) is 0 Å². The number of nitrogens with two attached hydrogens (primary N) is 1. The number of amides is 2. The van der Waals surface area contributed by atoms with Crippen LogP contribution in [0, 0.1) is 0 Å². The molecule has 17 heavy (non-hydrogen) atoms. The molecular formula is C11H20N2O3S. The number of thioether (sulfide) groups is 1. The van der Waals surface area contributed by atoms with Gasteiger partial charge in [-0.2, -0.15) is 0 Å². The quantitative estimate of drug-likeness (QED) is 0.788. The Bertz CT molecular complexity index is 302. The van der Waals surface area contributed by atoms with Gasteiger partial charge in [-0.25, -0.2) is 0 Å². The van der Waals surface area contributed by atoms with Crippen molar-refractivity contribution >= 4 is 23.6 Å². The van der Waals surface area contributed by atoms with Crippen molar-refractivity contribution in [2.24, 2.45) is 5.73 Å². The van der Waals surface area contributed by atoms with E-state index in [1.165, 1.54) is 0 Å². The standard InChI is InChI=1S/C11H20N2O3S/c1-11(2,3)17-7-9(14)13-4-5-16-8(6-13)10(12)15/h8H,4-7H2,1-3H3,(H2,12,15)/t8-/m1/s1. The number of morpholine rings is 1. The molecule has 0 aliphatic carbocycles. The molecule has 0 spiro atoms. The van der Waals surface area contributed by atoms with Crippen molar-refractivity contribution < 1.29 is 14.3 Å². The number of hydrogen-bond donors (Lipinski definition) is 1. The lowest BCUT2D eigenvalue weighted by Gasteiger charge is -2.32. The molecule has 0 bridgehead atoms. The fourth-order valence-electron chi connectivity index (χ4n) is 1.42. The monoisotopic (exact) mass is 260 g/mol. The predicted octanol–water partition coefficient (Wildman–Crippen LogP) is 0.231. The summed E-state index contributed by atoms with van der Waals surface area (Å²) in [5.41, 5.74) is 5.17. The van der Waals surface area contributed by atoms with Gasteiger partial charge in [0.15, 0.2) is 6.10 Å². The van der Waals surface area contributed by atoms with Crippen molar-refractivity contribution in [1.82, 2.24) is 4.90 Å². The van der Waals surface area contributed by atoms with Crippen LogP contribution in [-0.4, -0.2) is 53.0 Å². The van der Waals surface area contributed by atoms with E-state index in [9.17, 15) is 9.59 Å². The number of rotatable bonds is 3. The number of hydrogen-bond acceptors (Lipinski definition) is 4. The molecule has 5 nitrogen and oxygen atoms in total. The summed E-state index contributed by atoms with van der Waals surface area (Å²) in [5, 5.41) is 0. The zero-order valence-electron chi connectivity index (χ0n) is 10.6. The van der Waals surface area contributed by atoms with Gasteiger partial charge in [-0.3, -0.25) is 9.59 Å². The molecule has 0 radical (unpaired) electrons. The molecule has 1 rings (SSSR count). The second kappa shape index (κ2) is 5.73. The summed E-state index contributed by atoms with van der Waals surface area (Å²) >= 11 is 1.60. The van der Waals surface area contributed by atoms with Crippen LogP contribution in [-0.2, 0) is 14.3 Å². The van der Waals surface area contributed by atoms with Crippen molar-refractivity contribution in [2.75, 3.05) is 25.4 Å². The van der Waals surface area contributed by atoms with Crippen LogP contribution in [0.2, 0.25) is 0 Å². The summed E-state index contributed by atoms with van der Waals surface area (Å²) in [4.78, 5) is 24.6. The highest BCUT2D eigenvalue weighted by atomic mass is 32.2. The Labute approximate surface area is 106 Å². The Balaban J connectivity index is 2.44. The zero-order valence-corrected chi connectivity index (χ0v) is 11.4. The lowest BCUT2D eigenvalue weighted by atomic mass is 10.2. The number of carbonyl (C=O) groups is 2. The Morgan fingerprint density at radius 3 is 2.65 bits per heavy atom. The minimum atomic E-state index is -0.660. The second-order valence-corrected chi connectivity index (χ2v) is 6.80. The number of carbonyl (C=O) groups excluding carboxylic acids is 2. The largest absolute Gasteiger partial charge is 0.367 e. The van der Waals surface area contributed by atoms with Crippen LogP contribution in [0.5, 0.6) is 0 Å². The highest BCUT2D eigenvalue weighted by Gasteiger charge is 2.28. The van der Waals surface area contributed by atoms with E-state index in [0.717, 1.165) is 0 Å². The van der Waals surface area contributed by atoms with Gasteiger partial charge in [0.05, 0.1) is 18.9 Å². The third-order valence-corrected chi connectivity index (χ3v) is 3.62. The van der Waals surface area contributed by atoms with Crippen molar-refractivity contribution in [2.45, 2.75) is 31.6 Å². The average Bonchev–Trinajstić information content (AvgIpc) is 2.25. The Kier molecular flexibility index (Phi) is 4.82. The maximum atomic E-state index is 11.9. The van der Waals surface area contributed by atoms with E-state index in [1.807, 2.05) is 0 Å². The topological polar surface area (TPSA) is 72.6 Å². The second-order valence-electron chi connectivity index (χ2n) is 5.00. The minimum absolute atomic E-state index is 0.0412. The molecule has 1 fully saturated rings. The molecule has 2 N–H and O–H groups in total. The number of primary amides is 1. The number of nitrogens with zero attached hydrogens (tertiary/aromatic N) is 1. The Morgan fingerprint density at radius 1 is 1.47 bits per heavy atom. The highest BCUT2D eigenvalue weighted by Crippen LogP contribution is 2.23. The van der Waals surface area contributed by atoms with E-state index < -0.39 is 12.0 Å². The van der Waals surface area contributed by atoms with Crippen LogP contribution in [0.4, 0.5) is 0 Å². The van der Waals surface area contributed by atoms with Gasteiger partial charge >= 0.3 is 0 Å². The smallest absolute Gasteiger partial charge is 0.248 e. The highest BCUT2D eigenvalue weighted by molar-refractivity contribution is 8.01. The molecular weight excluding hydrogens is 240 g/mol. The predicted molar refractivity (Wildman–Crippen MR) is 67.7 cm³/mol. The van der Waals surface area contributed by atoms with Crippen molar-refractivity contribution in [3.8, 4) is 0 Å². The SMILES string of the molecule is CC(C)(C)SCC(=O)N1CCO[C@@H](C(N)=O)C1. The van der Waals surface area contributed by atoms with E-state index in [1.54, 1.807) is 16.7 Å². The van der Waals surface area contributed by atoms with Gasteiger partial charge in [-0.15, -0.1) is 11.8 Å². The summed E-state index contributed by atoms with van der Waals surface area (Å²) in [6.07, 6.45) is -0.660. The van der Waals surface area contributed by atoms with Crippen LogP contribution in [0.25, 0.3) is 0 Å². The van der Waals surface area contributed by atoms with Crippen LogP contribution < -0.4 is 5.73 Å². The lowest BCUT2D eigenvalue weighted by molar-refractivity contribution is -0.143. The van der Waals surface area contributed by atoms with E-state index >= 15 is 0 Å². The van der Waals surface area contributed by atoms with Gasteiger partial charge in [0, 0.05) is 11.3 Å². The zero-order chi connectivity index (χ0) is 13.1. The Hall–Kier alpha value is -0.750. The molecule has 98 valence electrons. The molecule has 1 atom stereocenters. The molecule has 6 heteroatoms. The summed E-state index contributed by atoms with van der Waals surface area (Å²) in [7, 11) is 0. The van der Waals surface area contributed by atoms with Gasteiger partial charge in [-0.1, -0.05) is 20.8 Å². The summed E-state index contributed by atoms with van der Waals surface area (Å²) in [6.45, 7) is 7.38. The van der Waals surface area contributed by atoms with Crippen LogP contribution in [0.1, 0.15) is 20.8 Å². The third kappa shape index (κ3) is 4.95. The molecule has 1 aliphatic rings. The van der Waals surface area contributed by atoms with Crippen molar-refractivity contribution in [3.05, 3.63) is 0 Å². The van der Waals surface area contributed by atoms with Crippen LogP contribution >= 0.6 is 11.8 Å². The van der Waals surface area contributed by atoms with Crippen LogP contribution in [0.3, 0.4) is 0 Å². The fraction of sp³-hybridized carbons (Fsp3) is 0.818.